The SMILES string of the molecule is Fc1ccc(CC(Br)c2cc(Br)ccc2Br)cc1. The highest BCUT2D eigenvalue weighted by molar-refractivity contribution is 9.11. The van der Waals surface area contributed by atoms with E-state index >= 15 is 0 Å². The second kappa shape index (κ2) is 6.31. The Morgan fingerprint density at radius 2 is 1.67 bits per heavy atom. The molecule has 0 N–H and O–H groups in total. The fourth-order valence-corrected chi connectivity index (χ4v) is 3.65. The molecule has 1 unspecified atom stereocenters. The van der Waals surface area contributed by atoms with Crippen molar-refractivity contribution in [3.05, 3.63) is 68.4 Å². The van der Waals surface area contributed by atoms with E-state index in [9.17, 15) is 4.39 Å². The molecule has 0 aliphatic heterocycles. The maximum atomic E-state index is 12.8. The average molecular weight is 437 g/mol. The van der Waals surface area contributed by atoms with Crippen LogP contribution in [0.2, 0.25) is 0 Å². The van der Waals surface area contributed by atoms with Crippen molar-refractivity contribution in [2.24, 2.45) is 0 Å². The third-order valence-corrected chi connectivity index (χ3v) is 4.66. The van der Waals surface area contributed by atoms with Crippen LogP contribution < -0.4 is 0 Å². The number of benzene rings is 2. The van der Waals surface area contributed by atoms with Crippen molar-refractivity contribution in [1.29, 1.82) is 0 Å². The Bertz CT molecular complexity index is 537. The molecule has 0 saturated heterocycles. The summed E-state index contributed by atoms with van der Waals surface area (Å²) in [6.07, 6.45) is 0.815. The Balaban J connectivity index is 2.18. The van der Waals surface area contributed by atoms with Crippen molar-refractivity contribution in [3.8, 4) is 0 Å². The van der Waals surface area contributed by atoms with Gasteiger partial charge in [0, 0.05) is 13.8 Å². The van der Waals surface area contributed by atoms with Gasteiger partial charge in [0.25, 0.3) is 0 Å². The molecule has 2 aromatic carbocycles. The van der Waals surface area contributed by atoms with Gasteiger partial charge in [0.1, 0.15) is 5.82 Å². The number of hydrogen-bond acceptors (Lipinski definition) is 0. The van der Waals surface area contributed by atoms with Crippen LogP contribution >= 0.6 is 47.8 Å². The molecule has 4 heteroatoms. The van der Waals surface area contributed by atoms with Gasteiger partial charge in [-0.3, -0.25) is 0 Å². The van der Waals surface area contributed by atoms with Crippen molar-refractivity contribution in [2.75, 3.05) is 0 Å². The third-order valence-electron chi connectivity index (χ3n) is 2.62. The maximum Gasteiger partial charge on any atom is 0.123 e. The van der Waals surface area contributed by atoms with E-state index in [-0.39, 0.29) is 10.6 Å². The zero-order valence-corrected chi connectivity index (χ0v) is 14.1. The fourth-order valence-electron chi connectivity index (χ4n) is 1.69. The van der Waals surface area contributed by atoms with E-state index in [1.807, 2.05) is 24.3 Å². The maximum absolute atomic E-state index is 12.8. The van der Waals surface area contributed by atoms with E-state index in [2.05, 4.69) is 53.9 Å². The van der Waals surface area contributed by atoms with Crippen LogP contribution in [-0.2, 0) is 6.42 Å². The van der Waals surface area contributed by atoms with Gasteiger partial charge in [0.05, 0.1) is 0 Å². The Labute approximate surface area is 131 Å². The second-order valence-corrected chi connectivity index (χ2v) is 6.84. The van der Waals surface area contributed by atoms with E-state index in [1.165, 1.54) is 17.7 Å². The van der Waals surface area contributed by atoms with E-state index in [0.29, 0.717) is 0 Å². The first-order valence-corrected chi connectivity index (χ1v) is 7.90. The minimum Gasteiger partial charge on any atom is -0.207 e. The van der Waals surface area contributed by atoms with Crippen molar-refractivity contribution in [1.82, 2.24) is 0 Å². The minimum absolute atomic E-state index is 0.190. The van der Waals surface area contributed by atoms with Crippen LogP contribution in [-0.4, -0.2) is 0 Å². The van der Waals surface area contributed by atoms with Crippen molar-refractivity contribution < 1.29 is 4.39 Å². The van der Waals surface area contributed by atoms with Crippen LogP contribution in [0.15, 0.2) is 51.4 Å². The highest BCUT2D eigenvalue weighted by atomic mass is 79.9. The Morgan fingerprint density at radius 3 is 2.33 bits per heavy atom. The molecule has 0 radical (unpaired) electrons. The lowest BCUT2D eigenvalue weighted by Crippen LogP contribution is -1.97. The van der Waals surface area contributed by atoms with Gasteiger partial charge < -0.3 is 0 Å². The topological polar surface area (TPSA) is 0 Å². The van der Waals surface area contributed by atoms with Gasteiger partial charge in [-0.15, -0.1) is 0 Å². The summed E-state index contributed by atoms with van der Waals surface area (Å²) in [6.45, 7) is 0. The van der Waals surface area contributed by atoms with E-state index < -0.39 is 0 Å². The normalized spacial score (nSPS) is 12.4. The second-order valence-electron chi connectivity index (χ2n) is 3.96. The van der Waals surface area contributed by atoms with E-state index in [4.69, 9.17) is 0 Å². The predicted octanol–water partition coefficient (Wildman–Crippen LogP) is 6.03. The molecule has 0 aliphatic carbocycles. The lowest BCUT2D eigenvalue weighted by molar-refractivity contribution is 0.627. The summed E-state index contributed by atoms with van der Waals surface area (Å²) in [6, 6.07) is 12.7. The highest BCUT2D eigenvalue weighted by Crippen LogP contribution is 2.34. The predicted molar refractivity (Wildman–Crippen MR) is 83.6 cm³/mol. The summed E-state index contributed by atoms with van der Waals surface area (Å²) in [5.74, 6) is -0.200. The zero-order chi connectivity index (χ0) is 13.1. The molecule has 2 aromatic rings. The number of alkyl halides is 1. The Hall–Kier alpha value is -0.190. The molecule has 0 nitrogen and oxygen atoms in total. The quantitative estimate of drug-likeness (QED) is 0.515. The molecule has 0 saturated carbocycles. The molecule has 0 spiro atoms. The molecular weight excluding hydrogens is 427 g/mol. The van der Waals surface area contributed by atoms with Gasteiger partial charge in [-0.25, -0.2) is 4.39 Å². The largest absolute Gasteiger partial charge is 0.207 e. The molecule has 0 heterocycles. The van der Waals surface area contributed by atoms with Gasteiger partial charge in [-0.1, -0.05) is 59.9 Å². The zero-order valence-electron chi connectivity index (χ0n) is 9.34. The molecule has 0 bridgehead atoms. The van der Waals surface area contributed by atoms with Gasteiger partial charge in [-0.2, -0.15) is 0 Å². The van der Waals surface area contributed by atoms with E-state index in [0.717, 1.165) is 20.9 Å². The molecule has 94 valence electrons. The molecular formula is C14H10Br3F. The van der Waals surface area contributed by atoms with Gasteiger partial charge in [0.2, 0.25) is 0 Å². The van der Waals surface area contributed by atoms with Crippen molar-refractivity contribution in [2.45, 2.75) is 11.2 Å². The Kier molecular flexibility index (Phi) is 4.98. The average Bonchev–Trinajstić information content (AvgIpc) is 2.35. The summed E-state index contributed by atoms with van der Waals surface area (Å²) in [7, 11) is 0. The third kappa shape index (κ3) is 3.65. The van der Waals surface area contributed by atoms with Gasteiger partial charge in [0.15, 0.2) is 0 Å². The number of rotatable bonds is 3. The number of hydrogen-bond donors (Lipinski definition) is 0. The minimum atomic E-state index is -0.200. The van der Waals surface area contributed by atoms with Crippen LogP contribution in [0.4, 0.5) is 4.39 Å². The molecule has 2 rings (SSSR count). The van der Waals surface area contributed by atoms with Gasteiger partial charge >= 0.3 is 0 Å². The first-order valence-electron chi connectivity index (χ1n) is 5.40. The first kappa shape index (κ1) is 14.2. The number of halogens is 4. The summed E-state index contributed by atoms with van der Waals surface area (Å²) in [5, 5.41) is 0. The van der Waals surface area contributed by atoms with E-state index in [1.54, 1.807) is 0 Å². The monoisotopic (exact) mass is 434 g/mol. The lowest BCUT2D eigenvalue weighted by Gasteiger charge is -2.13. The van der Waals surface area contributed by atoms with Crippen LogP contribution in [0.3, 0.4) is 0 Å². The molecule has 0 amide bonds. The Morgan fingerprint density at radius 1 is 1.00 bits per heavy atom. The van der Waals surface area contributed by atoms with Crippen LogP contribution in [0.1, 0.15) is 16.0 Å². The lowest BCUT2D eigenvalue weighted by atomic mass is 10.0. The smallest absolute Gasteiger partial charge is 0.123 e. The summed E-state index contributed by atoms with van der Waals surface area (Å²) < 4.78 is 14.9. The molecule has 0 aliphatic rings. The standard InChI is InChI=1S/C14H10Br3F/c15-10-3-6-13(16)12(8-10)14(17)7-9-1-4-11(18)5-2-9/h1-6,8,14H,7H2. The molecule has 0 fully saturated rings. The fraction of sp³-hybridized carbons (Fsp3) is 0.143. The van der Waals surface area contributed by atoms with Gasteiger partial charge in [-0.05, 0) is 47.9 Å². The highest BCUT2D eigenvalue weighted by Gasteiger charge is 2.12. The molecule has 1 atom stereocenters. The molecule has 0 aromatic heterocycles. The summed E-state index contributed by atoms with van der Waals surface area (Å²) >= 11 is 10.7. The van der Waals surface area contributed by atoms with Crippen molar-refractivity contribution >= 4 is 47.8 Å². The first-order chi connectivity index (χ1) is 8.56. The van der Waals surface area contributed by atoms with Crippen molar-refractivity contribution in [3.63, 3.8) is 0 Å². The summed E-state index contributed by atoms with van der Waals surface area (Å²) in [5.41, 5.74) is 2.28. The van der Waals surface area contributed by atoms with Crippen LogP contribution in [0.25, 0.3) is 0 Å². The summed E-state index contributed by atoms with van der Waals surface area (Å²) in [4.78, 5) is 0.190. The molecule has 18 heavy (non-hydrogen) atoms. The van der Waals surface area contributed by atoms with Crippen LogP contribution in [0.5, 0.6) is 0 Å². The van der Waals surface area contributed by atoms with Crippen LogP contribution in [0, 0.1) is 5.82 Å².